The zero-order valence-corrected chi connectivity index (χ0v) is 16.4. The van der Waals surface area contributed by atoms with Gasteiger partial charge < -0.3 is 20.7 Å². The van der Waals surface area contributed by atoms with E-state index < -0.39 is 6.04 Å². The maximum absolute atomic E-state index is 12.9. The highest BCUT2D eigenvalue weighted by atomic mass is 16.5. The smallest absolute Gasteiger partial charge is 0.247 e. The summed E-state index contributed by atoms with van der Waals surface area (Å²) in [6.45, 7) is 2.56. The summed E-state index contributed by atoms with van der Waals surface area (Å²) in [6, 6.07) is 12.7. The van der Waals surface area contributed by atoms with Gasteiger partial charge in [-0.05, 0) is 55.5 Å². The van der Waals surface area contributed by atoms with Gasteiger partial charge in [0.25, 0.3) is 0 Å². The molecule has 28 heavy (non-hydrogen) atoms. The third-order valence-electron chi connectivity index (χ3n) is 5.15. The molecule has 1 unspecified atom stereocenters. The standard InChI is InChI=1S/C22H27N3O3/c1-15-9-11-20(28-2)18(14-15)24-22(27)19-8-5-13-25(19)21(26)12-10-16-6-3-4-7-17(16)23/h3-4,6-7,9,11,14,19H,5,8,10,12-13,23H2,1-2H3,(H,24,27). The van der Waals surface area contributed by atoms with Crippen LogP contribution in [-0.4, -0.2) is 36.4 Å². The number of nitrogens with two attached hydrogens (primary N) is 1. The molecule has 0 aliphatic carbocycles. The van der Waals surface area contributed by atoms with E-state index in [1.807, 2.05) is 49.4 Å². The van der Waals surface area contributed by atoms with Gasteiger partial charge in [-0.15, -0.1) is 0 Å². The average molecular weight is 381 g/mol. The highest BCUT2D eigenvalue weighted by Crippen LogP contribution is 2.27. The lowest BCUT2D eigenvalue weighted by Gasteiger charge is -2.24. The number of carbonyl (C=O) groups is 2. The number of para-hydroxylation sites is 1. The minimum Gasteiger partial charge on any atom is -0.495 e. The van der Waals surface area contributed by atoms with Crippen LogP contribution in [-0.2, 0) is 16.0 Å². The topological polar surface area (TPSA) is 84.7 Å². The van der Waals surface area contributed by atoms with Gasteiger partial charge in [0.1, 0.15) is 11.8 Å². The van der Waals surface area contributed by atoms with Gasteiger partial charge >= 0.3 is 0 Å². The Bertz CT molecular complexity index is 866. The number of hydrogen-bond acceptors (Lipinski definition) is 4. The summed E-state index contributed by atoms with van der Waals surface area (Å²) in [7, 11) is 1.57. The summed E-state index contributed by atoms with van der Waals surface area (Å²) in [6.07, 6.45) is 2.40. The molecule has 1 aliphatic heterocycles. The fraction of sp³-hybridized carbons (Fsp3) is 0.364. The second-order valence-electron chi connectivity index (χ2n) is 7.14. The molecule has 0 radical (unpaired) electrons. The van der Waals surface area contributed by atoms with Crippen molar-refractivity contribution in [2.75, 3.05) is 24.7 Å². The predicted octanol–water partition coefficient (Wildman–Crippen LogP) is 3.15. The molecule has 0 spiro atoms. The van der Waals surface area contributed by atoms with Crippen molar-refractivity contribution in [2.45, 2.75) is 38.6 Å². The number of amides is 2. The van der Waals surface area contributed by atoms with E-state index in [4.69, 9.17) is 10.5 Å². The van der Waals surface area contributed by atoms with E-state index >= 15 is 0 Å². The molecule has 2 aromatic rings. The summed E-state index contributed by atoms with van der Waals surface area (Å²) in [4.78, 5) is 27.3. The Hall–Kier alpha value is -3.02. The molecule has 148 valence electrons. The van der Waals surface area contributed by atoms with Crippen molar-refractivity contribution in [1.29, 1.82) is 0 Å². The van der Waals surface area contributed by atoms with Gasteiger partial charge in [0, 0.05) is 18.7 Å². The lowest BCUT2D eigenvalue weighted by Crippen LogP contribution is -2.43. The van der Waals surface area contributed by atoms with Crippen LogP contribution in [0.5, 0.6) is 5.75 Å². The van der Waals surface area contributed by atoms with Crippen molar-refractivity contribution >= 4 is 23.2 Å². The van der Waals surface area contributed by atoms with E-state index in [2.05, 4.69) is 5.32 Å². The number of nitrogens with one attached hydrogen (secondary N) is 1. The van der Waals surface area contributed by atoms with Crippen LogP contribution in [0.25, 0.3) is 0 Å². The number of nitrogen functional groups attached to an aromatic ring is 1. The van der Waals surface area contributed by atoms with E-state index in [1.54, 1.807) is 12.0 Å². The highest BCUT2D eigenvalue weighted by molar-refractivity contribution is 5.98. The number of carbonyl (C=O) groups excluding carboxylic acids is 2. The van der Waals surface area contributed by atoms with Gasteiger partial charge in [-0.2, -0.15) is 0 Å². The summed E-state index contributed by atoms with van der Waals surface area (Å²) in [5, 5.41) is 2.93. The van der Waals surface area contributed by atoms with E-state index in [1.165, 1.54) is 0 Å². The Morgan fingerprint density at radius 1 is 1.25 bits per heavy atom. The maximum atomic E-state index is 12.9. The summed E-state index contributed by atoms with van der Waals surface area (Å²) in [5.74, 6) is 0.417. The van der Waals surface area contributed by atoms with Gasteiger partial charge in [-0.25, -0.2) is 0 Å². The summed E-state index contributed by atoms with van der Waals surface area (Å²) >= 11 is 0. The fourth-order valence-corrected chi connectivity index (χ4v) is 3.62. The van der Waals surface area contributed by atoms with Crippen LogP contribution in [0.15, 0.2) is 42.5 Å². The van der Waals surface area contributed by atoms with Gasteiger partial charge in [0.2, 0.25) is 11.8 Å². The lowest BCUT2D eigenvalue weighted by molar-refractivity contribution is -0.136. The number of anilines is 2. The van der Waals surface area contributed by atoms with Crippen molar-refractivity contribution in [3.63, 3.8) is 0 Å². The minimum absolute atomic E-state index is 0.0166. The van der Waals surface area contributed by atoms with Crippen LogP contribution >= 0.6 is 0 Å². The molecule has 1 saturated heterocycles. The molecule has 3 N–H and O–H groups in total. The van der Waals surface area contributed by atoms with Crippen molar-refractivity contribution in [3.05, 3.63) is 53.6 Å². The Morgan fingerprint density at radius 2 is 2.04 bits per heavy atom. The second-order valence-corrected chi connectivity index (χ2v) is 7.14. The Kier molecular flexibility index (Phi) is 6.19. The van der Waals surface area contributed by atoms with Crippen LogP contribution in [0.4, 0.5) is 11.4 Å². The molecule has 1 heterocycles. The highest BCUT2D eigenvalue weighted by Gasteiger charge is 2.34. The first kappa shape index (κ1) is 19.7. The first-order valence-electron chi connectivity index (χ1n) is 9.58. The molecule has 0 saturated carbocycles. The van der Waals surface area contributed by atoms with Crippen molar-refractivity contribution in [3.8, 4) is 5.75 Å². The first-order valence-corrected chi connectivity index (χ1v) is 9.58. The molecule has 1 aliphatic rings. The summed E-state index contributed by atoms with van der Waals surface area (Å²) in [5.41, 5.74) is 9.26. The number of ether oxygens (including phenoxy) is 1. The average Bonchev–Trinajstić information content (AvgIpc) is 3.17. The zero-order chi connectivity index (χ0) is 20.1. The number of benzene rings is 2. The van der Waals surface area contributed by atoms with Crippen molar-refractivity contribution < 1.29 is 14.3 Å². The Morgan fingerprint density at radius 3 is 2.79 bits per heavy atom. The lowest BCUT2D eigenvalue weighted by atomic mass is 10.1. The van der Waals surface area contributed by atoms with E-state index in [0.717, 1.165) is 17.5 Å². The molecule has 6 nitrogen and oxygen atoms in total. The number of aryl methyl sites for hydroxylation is 2. The molecule has 0 bridgehead atoms. The minimum atomic E-state index is -0.453. The van der Waals surface area contributed by atoms with Crippen molar-refractivity contribution in [2.24, 2.45) is 0 Å². The van der Waals surface area contributed by atoms with Crippen LogP contribution in [0.2, 0.25) is 0 Å². The van der Waals surface area contributed by atoms with Crippen LogP contribution in [0, 0.1) is 6.92 Å². The molecular weight excluding hydrogens is 354 g/mol. The van der Waals surface area contributed by atoms with Gasteiger partial charge in [-0.3, -0.25) is 9.59 Å². The van der Waals surface area contributed by atoms with Gasteiger partial charge in [-0.1, -0.05) is 24.3 Å². The number of hydrogen-bond donors (Lipinski definition) is 2. The third-order valence-corrected chi connectivity index (χ3v) is 5.15. The Labute approximate surface area is 165 Å². The van der Waals surface area contributed by atoms with E-state index in [9.17, 15) is 9.59 Å². The predicted molar refractivity (Wildman–Crippen MR) is 110 cm³/mol. The monoisotopic (exact) mass is 381 g/mol. The molecule has 1 fully saturated rings. The molecule has 3 rings (SSSR count). The molecule has 2 aromatic carbocycles. The largest absolute Gasteiger partial charge is 0.495 e. The number of rotatable bonds is 6. The summed E-state index contributed by atoms with van der Waals surface area (Å²) < 4.78 is 5.33. The molecular formula is C22H27N3O3. The molecule has 6 heteroatoms. The normalized spacial score (nSPS) is 16.1. The van der Waals surface area contributed by atoms with Crippen LogP contribution in [0.3, 0.4) is 0 Å². The second kappa shape index (κ2) is 8.78. The fourth-order valence-electron chi connectivity index (χ4n) is 3.62. The third kappa shape index (κ3) is 4.44. The van der Waals surface area contributed by atoms with Gasteiger partial charge in [0.05, 0.1) is 12.8 Å². The molecule has 0 aromatic heterocycles. The molecule has 2 amide bonds. The number of likely N-dealkylation sites (tertiary alicyclic amines) is 1. The number of methoxy groups -OCH3 is 1. The van der Waals surface area contributed by atoms with Crippen molar-refractivity contribution in [1.82, 2.24) is 4.90 Å². The maximum Gasteiger partial charge on any atom is 0.247 e. The van der Waals surface area contributed by atoms with Crippen LogP contribution in [0.1, 0.15) is 30.4 Å². The first-order chi connectivity index (χ1) is 13.5. The zero-order valence-electron chi connectivity index (χ0n) is 16.4. The SMILES string of the molecule is COc1ccc(C)cc1NC(=O)C1CCCN1C(=O)CCc1ccccc1N. The quantitative estimate of drug-likeness (QED) is 0.753. The Balaban J connectivity index is 1.65. The number of nitrogens with zero attached hydrogens (tertiary/aromatic N) is 1. The van der Waals surface area contributed by atoms with E-state index in [-0.39, 0.29) is 11.8 Å². The van der Waals surface area contributed by atoms with Crippen LogP contribution < -0.4 is 15.8 Å². The molecule has 1 atom stereocenters. The van der Waals surface area contributed by atoms with E-state index in [0.29, 0.717) is 42.9 Å². The van der Waals surface area contributed by atoms with Gasteiger partial charge in [0.15, 0.2) is 0 Å².